The zero-order valence-corrected chi connectivity index (χ0v) is 15.4. The van der Waals surface area contributed by atoms with E-state index < -0.39 is 0 Å². The van der Waals surface area contributed by atoms with Gasteiger partial charge in [0.05, 0.1) is 0 Å². The highest BCUT2D eigenvalue weighted by Gasteiger charge is 2.39. The Morgan fingerprint density at radius 2 is 1.95 bits per heavy atom. The second kappa shape index (κ2) is 6.39. The van der Waals surface area contributed by atoms with Crippen molar-refractivity contribution in [1.29, 1.82) is 0 Å². The molecular weight excluding hydrogens is 276 g/mol. The lowest BCUT2D eigenvalue weighted by Crippen LogP contribution is -2.65. The number of rotatable bonds is 4. The van der Waals surface area contributed by atoms with Gasteiger partial charge < -0.3 is 5.32 Å². The van der Waals surface area contributed by atoms with Crippen LogP contribution in [0.2, 0.25) is 0 Å². The van der Waals surface area contributed by atoms with Crippen molar-refractivity contribution in [2.24, 2.45) is 5.41 Å². The lowest BCUT2D eigenvalue weighted by Gasteiger charge is -2.50. The minimum atomic E-state index is 0.276. The van der Waals surface area contributed by atoms with Gasteiger partial charge in [-0.2, -0.15) is 0 Å². The molecular formula is C18H32N2S. The number of piperazine rings is 1. The Morgan fingerprint density at radius 3 is 2.48 bits per heavy atom. The number of thiophene rings is 1. The highest BCUT2D eigenvalue weighted by atomic mass is 32.1. The van der Waals surface area contributed by atoms with E-state index in [-0.39, 0.29) is 5.54 Å². The molecule has 0 saturated carbocycles. The van der Waals surface area contributed by atoms with Gasteiger partial charge in [0.1, 0.15) is 0 Å². The lowest BCUT2D eigenvalue weighted by atomic mass is 9.81. The highest BCUT2D eigenvalue weighted by Crippen LogP contribution is 2.32. The quantitative estimate of drug-likeness (QED) is 0.892. The van der Waals surface area contributed by atoms with Crippen LogP contribution in [-0.4, -0.2) is 29.6 Å². The Kier molecular flexibility index (Phi) is 5.17. The highest BCUT2D eigenvalue weighted by molar-refractivity contribution is 7.11. The maximum Gasteiger partial charge on any atom is 0.0334 e. The standard InChI is InChI=1S/C18H32N2S/c1-7-14-9-10-15(21-14)11-20-12-16(17(3,4)5)19-13-18(20,6)8-2/h9-10,16,19H,7-8,11-13H2,1-6H3. The van der Waals surface area contributed by atoms with Crippen molar-refractivity contribution < 1.29 is 0 Å². The Balaban J connectivity index is 2.14. The van der Waals surface area contributed by atoms with Crippen molar-refractivity contribution in [3.05, 3.63) is 21.9 Å². The molecule has 1 aliphatic rings. The Hall–Kier alpha value is -0.380. The molecule has 0 amide bonds. The predicted octanol–water partition coefficient (Wildman–Crippen LogP) is 4.30. The van der Waals surface area contributed by atoms with E-state index in [1.807, 2.05) is 11.3 Å². The molecule has 2 rings (SSSR count). The molecule has 1 aromatic heterocycles. The van der Waals surface area contributed by atoms with Crippen LogP contribution in [0, 0.1) is 5.41 Å². The van der Waals surface area contributed by atoms with Crippen molar-refractivity contribution >= 4 is 11.3 Å². The number of nitrogens with one attached hydrogen (secondary N) is 1. The zero-order chi connectivity index (χ0) is 15.7. The molecule has 2 atom stereocenters. The molecule has 21 heavy (non-hydrogen) atoms. The van der Waals surface area contributed by atoms with Gasteiger partial charge in [0.2, 0.25) is 0 Å². The second-order valence-corrected chi connectivity index (χ2v) is 9.00. The molecule has 0 spiro atoms. The van der Waals surface area contributed by atoms with Crippen molar-refractivity contribution in [2.75, 3.05) is 13.1 Å². The van der Waals surface area contributed by atoms with Crippen LogP contribution in [0.5, 0.6) is 0 Å². The summed E-state index contributed by atoms with van der Waals surface area (Å²) in [6.07, 6.45) is 2.35. The normalized spacial score (nSPS) is 28.0. The van der Waals surface area contributed by atoms with Crippen molar-refractivity contribution in [3.8, 4) is 0 Å². The summed E-state index contributed by atoms with van der Waals surface area (Å²) in [7, 11) is 0. The van der Waals surface area contributed by atoms with Crippen LogP contribution in [0.15, 0.2) is 12.1 Å². The molecule has 2 nitrogen and oxygen atoms in total. The number of aryl methyl sites for hydroxylation is 1. The van der Waals surface area contributed by atoms with Gasteiger partial charge in [-0.25, -0.2) is 0 Å². The Morgan fingerprint density at radius 1 is 1.29 bits per heavy atom. The molecule has 120 valence electrons. The molecule has 1 aliphatic heterocycles. The molecule has 0 aromatic carbocycles. The summed E-state index contributed by atoms with van der Waals surface area (Å²) in [5.41, 5.74) is 0.593. The van der Waals surface area contributed by atoms with Gasteiger partial charge in [0.15, 0.2) is 0 Å². The third-order valence-corrected chi connectivity index (χ3v) is 6.33. The molecule has 1 N–H and O–H groups in total. The van der Waals surface area contributed by atoms with Crippen LogP contribution in [0.3, 0.4) is 0 Å². The summed E-state index contributed by atoms with van der Waals surface area (Å²) in [4.78, 5) is 5.73. The van der Waals surface area contributed by atoms with E-state index in [4.69, 9.17) is 0 Å². The largest absolute Gasteiger partial charge is 0.310 e. The van der Waals surface area contributed by atoms with E-state index in [1.165, 1.54) is 16.2 Å². The van der Waals surface area contributed by atoms with Gasteiger partial charge >= 0.3 is 0 Å². The lowest BCUT2D eigenvalue weighted by molar-refractivity contribution is 0.0165. The maximum absolute atomic E-state index is 3.79. The van der Waals surface area contributed by atoms with Crippen LogP contribution in [0.25, 0.3) is 0 Å². The average Bonchev–Trinajstić information content (AvgIpc) is 2.88. The summed E-state index contributed by atoms with van der Waals surface area (Å²) in [5.74, 6) is 0. The maximum atomic E-state index is 3.79. The molecule has 1 fully saturated rings. The first kappa shape index (κ1) is 17.0. The first-order valence-electron chi connectivity index (χ1n) is 8.34. The minimum Gasteiger partial charge on any atom is -0.310 e. The fourth-order valence-corrected chi connectivity index (χ4v) is 4.00. The summed E-state index contributed by atoms with van der Waals surface area (Å²) >= 11 is 1.98. The summed E-state index contributed by atoms with van der Waals surface area (Å²) in [6, 6.07) is 5.20. The van der Waals surface area contributed by atoms with Gasteiger partial charge in [-0.15, -0.1) is 11.3 Å². The Labute approximate surface area is 134 Å². The van der Waals surface area contributed by atoms with E-state index in [2.05, 4.69) is 63.9 Å². The van der Waals surface area contributed by atoms with E-state index in [9.17, 15) is 0 Å². The van der Waals surface area contributed by atoms with Crippen LogP contribution in [0.4, 0.5) is 0 Å². The minimum absolute atomic E-state index is 0.276. The first-order valence-corrected chi connectivity index (χ1v) is 9.16. The van der Waals surface area contributed by atoms with Crippen LogP contribution in [-0.2, 0) is 13.0 Å². The molecule has 3 heteroatoms. The second-order valence-electron chi connectivity index (χ2n) is 7.75. The summed E-state index contributed by atoms with van der Waals surface area (Å²) in [5, 5.41) is 3.79. The van der Waals surface area contributed by atoms with Gasteiger partial charge in [0, 0.05) is 41.0 Å². The third-order valence-electron chi connectivity index (χ3n) is 5.12. The number of hydrogen-bond donors (Lipinski definition) is 1. The van der Waals surface area contributed by atoms with Crippen LogP contribution < -0.4 is 5.32 Å². The monoisotopic (exact) mass is 308 g/mol. The molecule has 2 heterocycles. The molecule has 0 aliphatic carbocycles. The molecule has 1 saturated heterocycles. The SMILES string of the molecule is CCc1ccc(CN2CC(C(C)(C)C)NCC2(C)CC)s1. The molecule has 0 bridgehead atoms. The van der Waals surface area contributed by atoms with E-state index in [0.29, 0.717) is 11.5 Å². The molecule has 2 unspecified atom stereocenters. The molecule has 0 radical (unpaired) electrons. The van der Waals surface area contributed by atoms with Gasteiger partial charge in [-0.1, -0.05) is 34.6 Å². The van der Waals surface area contributed by atoms with Crippen molar-refractivity contribution in [3.63, 3.8) is 0 Å². The summed E-state index contributed by atoms with van der Waals surface area (Å²) < 4.78 is 0. The topological polar surface area (TPSA) is 15.3 Å². The number of nitrogens with zero attached hydrogens (tertiary/aromatic N) is 1. The third kappa shape index (κ3) is 3.88. The predicted molar refractivity (Wildman–Crippen MR) is 94.0 cm³/mol. The fourth-order valence-electron chi connectivity index (χ4n) is 3.03. The average molecular weight is 309 g/mol. The smallest absolute Gasteiger partial charge is 0.0334 e. The summed E-state index contributed by atoms with van der Waals surface area (Å²) in [6.45, 7) is 17.3. The van der Waals surface area contributed by atoms with Crippen molar-refractivity contribution in [1.82, 2.24) is 10.2 Å². The van der Waals surface area contributed by atoms with Gasteiger partial charge in [-0.05, 0) is 37.3 Å². The number of hydrogen-bond acceptors (Lipinski definition) is 3. The van der Waals surface area contributed by atoms with Gasteiger partial charge in [-0.3, -0.25) is 4.90 Å². The van der Waals surface area contributed by atoms with Crippen molar-refractivity contribution in [2.45, 2.75) is 72.5 Å². The molecule has 1 aromatic rings. The zero-order valence-electron chi connectivity index (χ0n) is 14.6. The van der Waals surface area contributed by atoms with Gasteiger partial charge in [0.25, 0.3) is 0 Å². The van der Waals surface area contributed by atoms with Crippen LogP contribution in [0.1, 0.15) is 57.7 Å². The van der Waals surface area contributed by atoms with Crippen LogP contribution >= 0.6 is 11.3 Å². The fraction of sp³-hybridized carbons (Fsp3) is 0.778. The first-order chi connectivity index (χ1) is 9.78. The van der Waals surface area contributed by atoms with E-state index >= 15 is 0 Å². The Bertz CT molecular complexity index is 460. The van der Waals surface area contributed by atoms with E-state index in [0.717, 1.165) is 26.1 Å². The van der Waals surface area contributed by atoms with E-state index in [1.54, 1.807) is 0 Å².